The van der Waals surface area contributed by atoms with Crippen LogP contribution < -0.4 is 19.5 Å². The summed E-state index contributed by atoms with van der Waals surface area (Å²) in [5.74, 6) is 2.96. The lowest BCUT2D eigenvalue weighted by atomic mass is 10.1. The van der Waals surface area contributed by atoms with Gasteiger partial charge in [0.2, 0.25) is 0 Å². The maximum absolute atomic E-state index is 5.39. The second kappa shape index (κ2) is 7.49. The van der Waals surface area contributed by atoms with Gasteiger partial charge in [0.05, 0.1) is 21.3 Å². The van der Waals surface area contributed by atoms with Crippen molar-refractivity contribution < 1.29 is 14.2 Å². The first-order valence-corrected chi connectivity index (χ1v) is 6.62. The van der Waals surface area contributed by atoms with E-state index in [1.54, 1.807) is 21.3 Å². The second-order valence-corrected chi connectivity index (χ2v) is 4.38. The van der Waals surface area contributed by atoms with E-state index in [1.807, 2.05) is 12.1 Å². The third kappa shape index (κ3) is 3.85. The predicted molar refractivity (Wildman–Crippen MR) is 77.9 cm³/mol. The number of nitrogens with one attached hydrogen (secondary N) is 2. The van der Waals surface area contributed by atoms with E-state index in [9.17, 15) is 0 Å². The predicted octanol–water partition coefficient (Wildman–Crippen LogP) is 1.16. The van der Waals surface area contributed by atoms with E-state index >= 15 is 0 Å². The summed E-state index contributed by atoms with van der Waals surface area (Å²) in [6.07, 6.45) is 2.29. The molecule has 0 bridgehead atoms. The molecule has 114 valence electrons. The molecule has 2 N–H and O–H groups in total. The third-order valence-electron chi connectivity index (χ3n) is 3.11. The van der Waals surface area contributed by atoms with Crippen LogP contribution in [0.5, 0.6) is 17.2 Å². The first kappa shape index (κ1) is 15.1. The Hall–Kier alpha value is -2.28. The molecule has 0 radical (unpaired) electrons. The number of ether oxygens (including phenoxy) is 3. The zero-order valence-electron chi connectivity index (χ0n) is 12.5. The van der Waals surface area contributed by atoms with Crippen LogP contribution >= 0.6 is 0 Å². The van der Waals surface area contributed by atoms with Crippen molar-refractivity contribution in [2.75, 3.05) is 27.9 Å². The molecule has 0 aliphatic carbocycles. The van der Waals surface area contributed by atoms with Crippen LogP contribution in [0.1, 0.15) is 11.4 Å². The smallest absolute Gasteiger partial charge is 0.164 e. The van der Waals surface area contributed by atoms with Gasteiger partial charge in [-0.05, 0) is 6.07 Å². The van der Waals surface area contributed by atoms with Gasteiger partial charge < -0.3 is 19.5 Å². The number of nitrogens with zero attached hydrogens (tertiary/aromatic N) is 2. The van der Waals surface area contributed by atoms with Crippen molar-refractivity contribution in [2.45, 2.75) is 13.0 Å². The number of benzene rings is 1. The quantitative estimate of drug-likeness (QED) is 0.711. The molecule has 7 heteroatoms. The topological polar surface area (TPSA) is 81.3 Å². The fourth-order valence-electron chi connectivity index (χ4n) is 2.01. The molecule has 0 atom stereocenters. The Bertz CT molecular complexity index is 558. The first-order valence-electron chi connectivity index (χ1n) is 6.62. The molecular weight excluding hydrogens is 272 g/mol. The molecule has 0 unspecified atom stereocenters. The molecule has 0 amide bonds. The maximum atomic E-state index is 5.39. The summed E-state index contributed by atoms with van der Waals surface area (Å²) < 4.78 is 16.0. The van der Waals surface area contributed by atoms with Gasteiger partial charge in [-0.1, -0.05) is 0 Å². The highest BCUT2D eigenvalue weighted by molar-refractivity contribution is 5.50. The summed E-state index contributed by atoms with van der Waals surface area (Å²) in [6.45, 7) is 1.45. The maximum Gasteiger partial charge on any atom is 0.164 e. The minimum atomic E-state index is 0.653. The monoisotopic (exact) mass is 292 g/mol. The molecule has 0 saturated carbocycles. The molecule has 1 aromatic carbocycles. The van der Waals surface area contributed by atoms with Gasteiger partial charge in [0.1, 0.15) is 17.9 Å². The van der Waals surface area contributed by atoms with Crippen molar-refractivity contribution in [3.8, 4) is 17.2 Å². The molecule has 0 aliphatic heterocycles. The minimum Gasteiger partial charge on any atom is -0.496 e. The van der Waals surface area contributed by atoms with Gasteiger partial charge in [-0.2, -0.15) is 5.10 Å². The normalized spacial score (nSPS) is 10.4. The van der Waals surface area contributed by atoms with E-state index in [4.69, 9.17) is 14.2 Å². The standard InChI is InChI=1S/C14H20N4O3/c1-19-11-7-13(21-3)12(20-2)6-10(11)8-15-5-4-14-16-9-17-18-14/h6-7,9,15H,4-5,8H2,1-3H3,(H,16,17,18). The van der Waals surface area contributed by atoms with Gasteiger partial charge in [-0.3, -0.25) is 5.10 Å². The molecule has 0 saturated heterocycles. The third-order valence-corrected chi connectivity index (χ3v) is 3.11. The molecular formula is C14H20N4O3. The van der Waals surface area contributed by atoms with Crippen molar-refractivity contribution in [1.29, 1.82) is 0 Å². The zero-order chi connectivity index (χ0) is 15.1. The number of hydrogen-bond acceptors (Lipinski definition) is 6. The van der Waals surface area contributed by atoms with Crippen LogP contribution in [0.3, 0.4) is 0 Å². The highest BCUT2D eigenvalue weighted by Gasteiger charge is 2.11. The number of aromatic amines is 1. The van der Waals surface area contributed by atoms with Crippen LogP contribution in [0.25, 0.3) is 0 Å². The highest BCUT2D eigenvalue weighted by Crippen LogP contribution is 2.34. The van der Waals surface area contributed by atoms with E-state index in [-0.39, 0.29) is 0 Å². The van der Waals surface area contributed by atoms with Crippen molar-refractivity contribution in [1.82, 2.24) is 20.5 Å². The van der Waals surface area contributed by atoms with Crippen molar-refractivity contribution in [3.63, 3.8) is 0 Å². The van der Waals surface area contributed by atoms with Gasteiger partial charge in [-0.25, -0.2) is 4.98 Å². The van der Waals surface area contributed by atoms with Gasteiger partial charge in [-0.15, -0.1) is 0 Å². The average molecular weight is 292 g/mol. The summed E-state index contributed by atoms with van der Waals surface area (Å²) >= 11 is 0. The van der Waals surface area contributed by atoms with E-state index in [0.29, 0.717) is 18.0 Å². The Kier molecular flexibility index (Phi) is 5.39. The SMILES string of the molecule is COc1cc(OC)c(OC)cc1CNCCc1ncn[nH]1. The number of hydrogen-bond donors (Lipinski definition) is 2. The zero-order valence-corrected chi connectivity index (χ0v) is 12.5. The number of methoxy groups -OCH3 is 3. The fraction of sp³-hybridized carbons (Fsp3) is 0.429. The number of aromatic nitrogens is 3. The molecule has 0 aliphatic rings. The van der Waals surface area contributed by atoms with Crippen molar-refractivity contribution >= 4 is 0 Å². The van der Waals surface area contributed by atoms with Crippen LogP contribution in [0.15, 0.2) is 18.5 Å². The summed E-state index contributed by atoms with van der Waals surface area (Å²) in [5, 5.41) is 9.98. The Morgan fingerprint density at radius 3 is 2.38 bits per heavy atom. The summed E-state index contributed by atoms with van der Waals surface area (Å²) in [6, 6.07) is 3.74. The molecule has 21 heavy (non-hydrogen) atoms. The lowest BCUT2D eigenvalue weighted by Crippen LogP contribution is -2.17. The van der Waals surface area contributed by atoms with E-state index in [0.717, 1.165) is 30.1 Å². The second-order valence-electron chi connectivity index (χ2n) is 4.38. The molecule has 2 aromatic rings. The van der Waals surface area contributed by atoms with Crippen LogP contribution in [-0.4, -0.2) is 43.1 Å². The van der Waals surface area contributed by atoms with Gasteiger partial charge in [0.25, 0.3) is 0 Å². The molecule has 1 aromatic heterocycles. The summed E-state index contributed by atoms with van der Waals surface area (Å²) in [7, 11) is 4.86. The van der Waals surface area contributed by atoms with Crippen molar-refractivity contribution in [2.24, 2.45) is 0 Å². The Labute approximate surface area is 123 Å². The van der Waals surface area contributed by atoms with Crippen molar-refractivity contribution in [3.05, 3.63) is 29.8 Å². The van der Waals surface area contributed by atoms with Crippen LogP contribution in [0, 0.1) is 0 Å². The largest absolute Gasteiger partial charge is 0.496 e. The van der Waals surface area contributed by atoms with E-state index in [1.165, 1.54) is 6.33 Å². The van der Waals surface area contributed by atoms with Crippen LogP contribution in [-0.2, 0) is 13.0 Å². The lowest BCUT2D eigenvalue weighted by molar-refractivity contribution is 0.347. The average Bonchev–Trinajstić information content (AvgIpc) is 3.04. The van der Waals surface area contributed by atoms with Gasteiger partial charge >= 0.3 is 0 Å². The fourth-order valence-corrected chi connectivity index (χ4v) is 2.01. The summed E-state index contributed by atoms with van der Waals surface area (Å²) in [5.41, 5.74) is 1.01. The van der Waals surface area contributed by atoms with Crippen LogP contribution in [0.4, 0.5) is 0 Å². The van der Waals surface area contributed by atoms with Gasteiger partial charge in [0, 0.05) is 31.1 Å². The molecule has 0 spiro atoms. The summed E-state index contributed by atoms with van der Waals surface area (Å²) in [4.78, 5) is 4.08. The molecule has 0 fully saturated rings. The number of H-pyrrole nitrogens is 1. The Morgan fingerprint density at radius 1 is 1.05 bits per heavy atom. The Morgan fingerprint density at radius 2 is 1.76 bits per heavy atom. The van der Waals surface area contributed by atoms with E-state index in [2.05, 4.69) is 20.5 Å². The minimum absolute atomic E-state index is 0.653. The Balaban J connectivity index is 1.97. The number of rotatable bonds is 8. The van der Waals surface area contributed by atoms with Gasteiger partial charge in [0.15, 0.2) is 11.5 Å². The first-order chi connectivity index (χ1) is 10.3. The van der Waals surface area contributed by atoms with E-state index < -0.39 is 0 Å². The molecule has 2 rings (SSSR count). The molecule has 1 heterocycles. The lowest BCUT2D eigenvalue weighted by Gasteiger charge is -2.14. The van der Waals surface area contributed by atoms with Crippen LogP contribution in [0.2, 0.25) is 0 Å². The highest BCUT2D eigenvalue weighted by atomic mass is 16.5. The molecule has 7 nitrogen and oxygen atoms in total.